The molecule has 1 amide bonds. The predicted octanol–water partition coefficient (Wildman–Crippen LogP) is 0.0976. The van der Waals surface area contributed by atoms with Crippen LogP contribution in [0.2, 0.25) is 0 Å². The van der Waals surface area contributed by atoms with Crippen molar-refractivity contribution >= 4 is 5.91 Å². The van der Waals surface area contributed by atoms with Crippen LogP contribution in [-0.4, -0.2) is 25.5 Å². The van der Waals surface area contributed by atoms with Crippen molar-refractivity contribution in [3.8, 4) is 6.07 Å². The topological polar surface area (TPSA) is 57.3 Å². The zero-order valence-electron chi connectivity index (χ0n) is 11.2. The minimum Gasteiger partial charge on any atom is -0.349 e. The van der Waals surface area contributed by atoms with E-state index in [9.17, 15) is 4.79 Å². The first-order valence-corrected chi connectivity index (χ1v) is 6.11. The van der Waals surface area contributed by atoms with Crippen LogP contribution in [0, 0.1) is 11.3 Å². The van der Waals surface area contributed by atoms with Crippen LogP contribution in [0.3, 0.4) is 0 Å². The van der Waals surface area contributed by atoms with Crippen LogP contribution < -0.4 is 10.2 Å². The zero-order chi connectivity index (χ0) is 13.5. The molecule has 1 atom stereocenters. The molecule has 1 unspecified atom stereocenters. The molecule has 0 aliphatic carbocycles. The molecule has 1 aromatic carbocycles. The number of carbonyl (C=O) groups is 1. The number of carbonyl (C=O) groups excluding carboxylic acids is 1. The maximum absolute atomic E-state index is 11.6. The van der Waals surface area contributed by atoms with Crippen molar-refractivity contribution < 1.29 is 9.69 Å². The second-order valence-corrected chi connectivity index (χ2v) is 4.85. The van der Waals surface area contributed by atoms with E-state index in [1.165, 1.54) is 0 Å². The number of likely N-dealkylation sites (N-methyl/N-ethyl adjacent to an activating group) is 1. The minimum absolute atomic E-state index is 0.0546. The summed E-state index contributed by atoms with van der Waals surface area (Å²) in [7, 11) is 1.97. The average Bonchev–Trinajstić information content (AvgIpc) is 2.27. The van der Waals surface area contributed by atoms with Crippen molar-refractivity contribution in [1.29, 1.82) is 5.26 Å². The molecule has 0 saturated heterocycles. The number of nitriles is 1. The van der Waals surface area contributed by atoms with Crippen LogP contribution in [0.5, 0.6) is 0 Å². The summed E-state index contributed by atoms with van der Waals surface area (Å²) < 4.78 is 0. The standard InChI is InChI=1S/C14H19N3O/c1-11(2)16-14(18)10-17(3)9-13-6-4-5-12(7-13)8-15/h4-7,11H,9-10H2,1-3H3,(H,16,18)/p+1. The maximum atomic E-state index is 11.6. The fourth-order valence-electron chi connectivity index (χ4n) is 1.81. The summed E-state index contributed by atoms with van der Waals surface area (Å²) in [5.74, 6) is 0.0546. The van der Waals surface area contributed by atoms with Gasteiger partial charge in [-0.3, -0.25) is 4.79 Å². The molecule has 0 aliphatic rings. The van der Waals surface area contributed by atoms with Gasteiger partial charge in [0, 0.05) is 11.6 Å². The monoisotopic (exact) mass is 246 g/mol. The Labute approximate surface area is 108 Å². The number of nitrogens with one attached hydrogen (secondary N) is 2. The molecule has 0 radical (unpaired) electrons. The number of rotatable bonds is 5. The molecule has 0 spiro atoms. The summed E-state index contributed by atoms with van der Waals surface area (Å²) in [6.45, 7) is 5.07. The number of benzene rings is 1. The van der Waals surface area contributed by atoms with Gasteiger partial charge in [-0.1, -0.05) is 12.1 Å². The van der Waals surface area contributed by atoms with Crippen molar-refractivity contribution in [3.05, 3.63) is 35.4 Å². The smallest absolute Gasteiger partial charge is 0.275 e. The number of quaternary nitrogens is 1. The highest BCUT2D eigenvalue weighted by atomic mass is 16.2. The third-order valence-corrected chi connectivity index (χ3v) is 2.47. The van der Waals surface area contributed by atoms with Crippen molar-refractivity contribution in [2.75, 3.05) is 13.6 Å². The zero-order valence-corrected chi connectivity index (χ0v) is 11.2. The number of hydrogen-bond donors (Lipinski definition) is 2. The molecule has 0 aromatic heterocycles. The Morgan fingerprint density at radius 3 is 2.83 bits per heavy atom. The van der Waals surface area contributed by atoms with E-state index in [2.05, 4.69) is 11.4 Å². The van der Waals surface area contributed by atoms with Crippen LogP contribution in [0.4, 0.5) is 0 Å². The van der Waals surface area contributed by atoms with Crippen LogP contribution in [0.1, 0.15) is 25.0 Å². The normalized spacial score (nSPS) is 11.9. The first kappa shape index (κ1) is 14.2. The predicted molar refractivity (Wildman–Crippen MR) is 69.9 cm³/mol. The van der Waals surface area contributed by atoms with Gasteiger partial charge in [0.25, 0.3) is 5.91 Å². The number of amides is 1. The highest BCUT2D eigenvalue weighted by Gasteiger charge is 2.11. The molecule has 96 valence electrons. The fraction of sp³-hybridized carbons (Fsp3) is 0.429. The summed E-state index contributed by atoms with van der Waals surface area (Å²) in [5.41, 5.74) is 1.73. The lowest BCUT2D eigenvalue weighted by molar-refractivity contribution is -0.885. The van der Waals surface area contributed by atoms with E-state index in [0.717, 1.165) is 17.0 Å². The quantitative estimate of drug-likeness (QED) is 0.774. The second-order valence-electron chi connectivity index (χ2n) is 4.85. The van der Waals surface area contributed by atoms with Gasteiger partial charge in [0.15, 0.2) is 6.54 Å². The third kappa shape index (κ3) is 4.98. The molecule has 0 aliphatic heterocycles. The largest absolute Gasteiger partial charge is 0.349 e. The highest BCUT2D eigenvalue weighted by molar-refractivity contribution is 5.77. The molecule has 18 heavy (non-hydrogen) atoms. The lowest BCUT2D eigenvalue weighted by Gasteiger charge is -2.15. The summed E-state index contributed by atoms with van der Waals surface area (Å²) in [6, 6.07) is 9.79. The summed E-state index contributed by atoms with van der Waals surface area (Å²) in [5, 5.41) is 11.7. The summed E-state index contributed by atoms with van der Waals surface area (Å²) >= 11 is 0. The molecular formula is C14H20N3O+. The molecule has 0 saturated carbocycles. The second kappa shape index (κ2) is 6.77. The Morgan fingerprint density at radius 1 is 1.50 bits per heavy atom. The molecule has 1 rings (SSSR count). The van der Waals surface area contributed by atoms with E-state index in [1.807, 2.05) is 39.1 Å². The minimum atomic E-state index is 0.0546. The molecule has 0 fully saturated rings. The maximum Gasteiger partial charge on any atom is 0.275 e. The average molecular weight is 246 g/mol. The van der Waals surface area contributed by atoms with Crippen molar-refractivity contribution in [2.45, 2.75) is 26.4 Å². The van der Waals surface area contributed by atoms with E-state index < -0.39 is 0 Å². The van der Waals surface area contributed by atoms with Crippen LogP contribution >= 0.6 is 0 Å². The van der Waals surface area contributed by atoms with Gasteiger partial charge in [0.1, 0.15) is 6.54 Å². The van der Waals surface area contributed by atoms with Gasteiger partial charge in [-0.15, -0.1) is 0 Å². The van der Waals surface area contributed by atoms with E-state index in [4.69, 9.17) is 5.26 Å². The first-order valence-electron chi connectivity index (χ1n) is 6.11. The molecular weight excluding hydrogens is 226 g/mol. The third-order valence-electron chi connectivity index (χ3n) is 2.47. The molecule has 0 heterocycles. The van der Waals surface area contributed by atoms with Gasteiger partial charge >= 0.3 is 0 Å². The lowest BCUT2D eigenvalue weighted by Crippen LogP contribution is -3.09. The fourth-order valence-corrected chi connectivity index (χ4v) is 1.81. The highest BCUT2D eigenvalue weighted by Crippen LogP contribution is 2.02. The van der Waals surface area contributed by atoms with Gasteiger partial charge in [-0.25, -0.2) is 0 Å². The van der Waals surface area contributed by atoms with Crippen molar-refractivity contribution in [2.24, 2.45) is 0 Å². The van der Waals surface area contributed by atoms with Gasteiger partial charge in [0.05, 0.1) is 18.7 Å². The summed E-state index contributed by atoms with van der Waals surface area (Å²) in [6.07, 6.45) is 0. The number of hydrogen-bond acceptors (Lipinski definition) is 2. The Hall–Kier alpha value is -1.86. The molecule has 2 N–H and O–H groups in total. The van der Waals surface area contributed by atoms with Crippen molar-refractivity contribution in [1.82, 2.24) is 5.32 Å². The Bertz CT molecular complexity index is 449. The molecule has 0 bridgehead atoms. The van der Waals surface area contributed by atoms with Crippen molar-refractivity contribution in [3.63, 3.8) is 0 Å². The molecule has 4 heteroatoms. The molecule has 1 aromatic rings. The van der Waals surface area contributed by atoms with Gasteiger partial charge in [-0.2, -0.15) is 5.26 Å². The SMILES string of the molecule is CC(C)NC(=O)C[NH+](C)Cc1cccc(C#N)c1. The Morgan fingerprint density at radius 2 is 2.22 bits per heavy atom. The van der Waals surface area contributed by atoms with E-state index in [1.54, 1.807) is 6.07 Å². The first-order chi connectivity index (χ1) is 8.51. The van der Waals surface area contributed by atoms with E-state index in [-0.39, 0.29) is 11.9 Å². The van der Waals surface area contributed by atoms with Crippen LogP contribution in [0.15, 0.2) is 24.3 Å². The van der Waals surface area contributed by atoms with Crippen LogP contribution in [-0.2, 0) is 11.3 Å². The lowest BCUT2D eigenvalue weighted by atomic mass is 10.1. The van der Waals surface area contributed by atoms with Gasteiger partial charge in [-0.05, 0) is 26.0 Å². The summed E-state index contributed by atoms with van der Waals surface area (Å²) in [4.78, 5) is 12.7. The Kier molecular flexibility index (Phi) is 5.34. The number of nitrogens with zero attached hydrogens (tertiary/aromatic N) is 1. The molecule has 4 nitrogen and oxygen atoms in total. The van der Waals surface area contributed by atoms with Gasteiger partial charge in [0.2, 0.25) is 0 Å². The Balaban J connectivity index is 2.51. The van der Waals surface area contributed by atoms with E-state index in [0.29, 0.717) is 12.1 Å². The van der Waals surface area contributed by atoms with Gasteiger partial charge < -0.3 is 10.2 Å². The van der Waals surface area contributed by atoms with E-state index >= 15 is 0 Å². The van der Waals surface area contributed by atoms with Crippen LogP contribution in [0.25, 0.3) is 0 Å².